The van der Waals surface area contributed by atoms with Gasteiger partial charge in [0.25, 0.3) is 0 Å². The summed E-state index contributed by atoms with van der Waals surface area (Å²) in [5.41, 5.74) is 7.75. The van der Waals surface area contributed by atoms with Crippen LogP contribution in [0.15, 0.2) is 22.7 Å². The molecule has 3 rings (SSSR count). The van der Waals surface area contributed by atoms with Crippen molar-refractivity contribution in [3.8, 4) is 17.0 Å². The normalized spacial score (nSPS) is 13.6. The molecule has 1 aromatic heterocycles. The molecule has 2 aromatic rings. The fourth-order valence-electron chi connectivity index (χ4n) is 1.82. The van der Waals surface area contributed by atoms with Crippen molar-refractivity contribution >= 4 is 32.4 Å². The summed E-state index contributed by atoms with van der Waals surface area (Å²) >= 11 is 5.01. The van der Waals surface area contributed by atoms with Gasteiger partial charge < -0.3 is 10.5 Å². The predicted molar refractivity (Wildman–Crippen MR) is 68.9 cm³/mol. The molecule has 3 nitrogen and oxygen atoms in total. The highest BCUT2D eigenvalue weighted by Crippen LogP contribution is 2.39. The Kier molecular flexibility index (Phi) is 2.37. The van der Waals surface area contributed by atoms with Crippen LogP contribution in [0.4, 0.5) is 5.13 Å². The zero-order valence-corrected chi connectivity index (χ0v) is 10.8. The molecule has 0 saturated carbocycles. The summed E-state index contributed by atoms with van der Waals surface area (Å²) in [6.45, 7) is 0.684. The van der Waals surface area contributed by atoms with Gasteiger partial charge in [0.1, 0.15) is 5.75 Å². The molecule has 0 saturated heterocycles. The van der Waals surface area contributed by atoms with Crippen LogP contribution in [0.2, 0.25) is 0 Å². The van der Waals surface area contributed by atoms with Crippen LogP contribution >= 0.6 is 27.3 Å². The lowest BCUT2D eigenvalue weighted by atomic mass is 10.1. The molecular weight excluding hydrogens is 288 g/mol. The standard InChI is InChI=1S/C11H9BrN2OS/c12-6-1-2-8-7(5-6)10-9(3-4-15-8)16-11(13)14-10/h1-2,5H,3-4H2,(H2,13,14). The summed E-state index contributed by atoms with van der Waals surface area (Å²) in [5, 5.41) is 0.623. The summed E-state index contributed by atoms with van der Waals surface area (Å²) in [6, 6.07) is 5.96. The highest BCUT2D eigenvalue weighted by atomic mass is 79.9. The Balaban J connectivity index is 2.27. The van der Waals surface area contributed by atoms with Crippen LogP contribution in [0.1, 0.15) is 4.88 Å². The van der Waals surface area contributed by atoms with Crippen molar-refractivity contribution in [2.75, 3.05) is 12.3 Å². The molecule has 0 spiro atoms. The number of ether oxygens (including phenoxy) is 1. The van der Waals surface area contributed by atoms with Crippen molar-refractivity contribution < 1.29 is 4.74 Å². The van der Waals surface area contributed by atoms with Crippen molar-refractivity contribution in [1.29, 1.82) is 0 Å². The van der Waals surface area contributed by atoms with E-state index in [0.717, 1.165) is 27.9 Å². The lowest BCUT2D eigenvalue weighted by Crippen LogP contribution is -1.97. The number of nitrogen functional groups attached to an aromatic ring is 1. The molecule has 0 atom stereocenters. The van der Waals surface area contributed by atoms with Gasteiger partial charge in [-0.25, -0.2) is 4.98 Å². The van der Waals surface area contributed by atoms with Crippen molar-refractivity contribution in [2.24, 2.45) is 0 Å². The van der Waals surface area contributed by atoms with Gasteiger partial charge in [0, 0.05) is 21.3 Å². The van der Waals surface area contributed by atoms with E-state index in [1.165, 1.54) is 4.88 Å². The lowest BCUT2D eigenvalue weighted by Gasteiger charge is -2.06. The van der Waals surface area contributed by atoms with Crippen LogP contribution in [-0.2, 0) is 6.42 Å². The second-order valence-electron chi connectivity index (χ2n) is 3.56. The SMILES string of the molecule is Nc1nc2c(s1)CCOc1ccc(Br)cc1-2. The summed E-state index contributed by atoms with van der Waals surface area (Å²) in [4.78, 5) is 5.59. The smallest absolute Gasteiger partial charge is 0.180 e. The van der Waals surface area contributed by atoms with Crippen LogP contribution in [-0.4, -0.2) is 11.6 Å². The monoisotopic (exact) mass is 296 g/mol. The first kappa shape index (κ1) is 10.1. The van der Waals surface area contributed by atoms with Gasteiger partial charge in [-0.1, -0.05) is 15.9 Å². The first-order chi connectivity index (χ1) is 7.74. The maximum atomic E-state index is 5.76. The molecule has 0 unspecified atom stereocenters. The minimum atomic E-state index is 0.623. The van der Waals surface area contributed by atoms with Crippen molar-refractivity contribution in [3.05, 3.63) is 27.5 Å². The van der Waals surface area contributed by atoms with Gasteiger partial charge in [-0.3, -0.25) is 0 Å². The number of thiazole rings is 1. The van der Waals surface area contributed by atoms with E-state index in [9.17, 15) is 0 Å². The second-order valence-corrected chi connectivity index (χ2v) is 5.59. The molecule has 5 heteroatoms. The Labute approximate surface area is 105 Å². The van der Waals surface area contributed by atoms with E-state index in [4.69, 9.17) is 10.5 Å². The number of benzene rings is 1. The Hall–Kier alpha value is -1.07. The van der Waals surface area contributed by atoms with Gasteiger partial charge in [-0.05, 0) is 18.2 Å². The van der Waals surface area contributed by atoms with E-state index < -0.39 is 0 Å². The number of rotatable bonds is 0. The van der Waals surface area contributed by atoms with Gasteiger partial charge >= 0.3 is 0 Å². The first-order valence-electron chi connectivity index (χ1n) is 4.92. The summed E-state index contributed by atoms with van der Waals surface area (Å²) < 4.78 is 6.71. The zero-order valence-electron chi connectivity index (χ0n) is 8.37. The average molecular weight is 297 g/mol. The van der Waals surface area contributed by atoms with Crippen molar-refractivity contribution in [2.45, 2.75) is 6.42 Å². The van der Waals surface area contributed by atoms with Crippen LogP contribution in [0, 0.1) is 0 Å². The molecule has 1 aliphatic heterocycles. The van der Waals surface area contributed by atoms with Gasteiger partial charge in [0.2, 0.25) is 0 Å². The number of hydrogen-bond acceptors (Lipinski definition) is 4. The first-order valence-corrected chi connectivity index (χ1v) is 6.53. The molecule has 1 aliphatic rings. The fraction of sp³-hybridized carbons (Fsp3) is 0.182. The topological polar surface area (TPSA) is 48.1 Å². The Bertz CT molecular complexity index is 553. The molecule has 0 radical (unpaired) electrons. The Morgan fingerprint density at radius 3 is 3.19 bits per heavy atom. The molecule has 1 aromatic carbocycles. The number of fused-ring (bicyclic) bond motifs is 3. The van der Waals surface area contributed by atoms with E-state index in [-0.39, 0.29) is 0 Å². The highest BCUT2D eigenvalue weighted by Gasteiger charge is 2.19. The molecular formula is C11H9BrN2OS. The van der Waals surface area contributed by atoms with E-state index in [1.807, 2.05) is 18.2 Å². The van der Waals surface area contributed by atoms with E-state index in [1.54, 1.807) is 11.3 Å². The van der Waals surface area contributed by atoms with E-state index in [0.29, 0.717) is 11.7 Å². The zero-order chi connectivity index (χ0) is 11.1. The predicted octanol–water partition coefficient (Wildman–Crippen LogP) is 3.09. The van der Waals surface area contributed by atoms with E-state index in [2.05, 4.69) is 20.9 Å². The number of halogens is 1. The molecule has 0 amide bonds. The maximum Gasteiger partial charge on any atom is 0.180 e. The summed E-state index contributed by atoms with van der Waals surface area (Å²) in [7, 11) is 0. The number of anilines is 1. The second kappa shape index (κ2) is 3.75. The minimum Gasteiger partial charge on any atom is -0.493 e. The molecule has 82 valence electrons. The molecule has 16 heavy (non-hydrogen) atoms. The third-order valence-corrected chi connectivity index (χ3v) is 3.93. The van der Waals surface area contributed by atoms with Gasteiger partial charge in [-0.15, -0.1) is 11.3 Å². The molecule has 0 bridgehead atoms. The van der Waals surface area contributed by atoms with Crippen LogP contribution in [0.5, 0.6) is 5.75 Å². The van der Waals surface area contributed by atoms with Gasteiger partial charge in [0.15, 0.2) is 5.13 Å². The third kappa shape index (κ3) is 1.60. The fourth-order valence-corrected chi connectivity index (χ4v) is 3.00. The molecule has 0 fully saturated rings. The number of hydrogen-bond donors (Lipinski definition) is 1. The quantitative estimate of drug-likeness (QED) is 0.813. The Morgan fingerprint density at radius 2 is 2.31 bits per heavy atom. The molecule has 2 heterocycles. The van der Waals surface area contributed by atoms with E-state index >= 15 is 0 Å². The number of nitrogens with two attached hydrogens (primary N) is 1. The van der Waals surface area contributed by atoms with Crippen molar-refractivity contribution in [1.82, 2.24) is 4.98 Å². The van der Waals surface area contributed by atoms with Gasteiger partial charge in [-0.2, -0.15) is 0 Å². The van der Waals surface area contributed by atoms with Crippen LogP contribution in [0.3, 0.4) is 0 Å². The third-order valence-electron chi connectivity index (χ3n) is 2.50. The number of aromatic nitrogens is 1. The number of nitrogens with zero attached hydrogens (tertiary/aromatic N) is 1. The minimum absolute atomic E-state index is 0.623. The lowest BCUT2D eigenvalue weighted by molar-refractivity contribution is 0.327. The largest absolute Gasteiger partial charge is 0.493 e. The van der Waals surface area contributed by atoms with Crippen LogP contribution in [0.25, 0.3) is 11.3 Å². The summed E-state index contributed by atoms with van der Waals surface area (Å²) in [5.74, 6) is 0.882. The summed E-state index contributed by atoms with van der Waals surface area (Å²) in [6.07, 6.45) is 0.872. The maximum absolute atomic E-state index is 5.76. The van der Waals surface area contributed by atoms with Crippen molar-refractivity contribution in [3.63, 3.8) is 0 Å². The molecule has 2 N–H and O–H groups in total. The van der Waals surface area contributed by atoms with Crippen LogP contribution < -0.4 is 10.5 Å². The Morgan fingerprint density at radius 1 is 1.44 bits per heavy atom. The highest BCUT2D eigenvalue weighted by molar-refractivity contribution is 9.10. The average Bonchev–Trinajstić information content (AvgIpc) is 2.54. The van der Waals surface area contributed by atoms with Gasteiger partial charge in [0.05, 0.1) is 12.3 Å². The molecule has 0 aliphatic carbocycles.